The second kappa shape index (κ2) is 7.11. The lowest BCUT2D eigenvalue weighted by Crippen LogP contribution is -2.50. The summed E-state index contributed by atoms with van der Waals surface area (Å²) < 4.78 is 38.4. The van der Waals surface area contributed by atoms with Gasteiger partial charge in [0.15, 0.2) is 0 Å². The molecule has 1 fully saturated rings. The van der Waals surface area contributed by atoms with Gasteiger partial charge in [-0.3, -0.25) is 9.59 Å². The van der Waals surface area contributed by atoms with Gasteiger partial charge in [-0.05, 0) is 42.1 Å². The minimum atomic E-state index is -4.49. The van der Waals surface area contributed by atoms with E-state index in [9.17, 15) is 22.8 Å². The van der Waals surface area contributed by atoms with E-state index in [1.807, 2.05) is 18.4 Å². The second-order valence-electron chi connectivity index (χ2n) is 6.10. The van der Waals surface area contributed by atoms with Crippen molar-refractivity contribution in [1.29, 1.82) is 0 Å². The molecule has 0 radical (unpaired) electrons. The highest BCUT2D eigenvalue weighted by Gasteiger charge is 2.32. The second-order valence-corrected chi connectivity index (χ2v) is 7.01. The highest BCUT2D eigenvalue weighted by molar-refractivity contribution is 7.12. The standard InChI is InChI=1S/C18H17F3N2O2S/c1-12-5-10-26-15(12)17(25)23-8-6-22(7-9-23)16(24)13-3-2-4-14(11-13)18(19,20)21/h2-5,10-11H,6-9H2,1H3. The van der Waals surface area contributed by atoms with Crippen LogP contribution in [0.3, 0.4) is 0 Å². The zero-order valence-corrected chi connectivity index (χ0v) is 14.9. The molecule has 0 bridgehead atoms. The van der Waals surface area contributed by atoms with Gasteiger partial charge in [-0.2, -0.15) is 13.2 Å². The Balaban J connectivity index is 1.66. The van der Waals surface area contributed by atoms with Crippen LogP contribution in [-0.4, -0.2) is 47.8 Å². The van der Waals surface area contributed by atoms with Crippen LogP contribution >= 0.6 is 11.3 Å². The van der Waals surface area contributed by atoms with Gasteiger partial charge in [0.25, 0.3) is 11.8 Å². The molecule has 0 saturated carbocycles. The molecule has 0 unspecified atom stereocenters. The van der Waals surface area contributed by atoms with Gasteiger partial charge >= 0.3 is 6.18 Å². The molecule has 2 amide bonds. The molecule has 2 heterocycles. The van der Waals surface area contributed by atoms with Crippen LogP contribution in [0, 0.1) is 6.92 Å². The number of carbonyl (C=O) groups excluding carboxylic acids is 2. The Morgan fingerprint density at radius 1 is 1.00 bits per heavy atom. The van der Waals surface area contributed by atoms with Gasteiger partial charge in [0.05, 0.1) is 10.4 Å². The third kappa shape index (κ3) is 3.75. The first-order chi connectivity index (χ1) is 12.3. The lowest BCUT2D eigenvalue weighted by atomic mass is 10.1. The number of piperazine rings is 1. The maximum absolute atomic E-state index is 12.8. The Bertz CT molecular complexity index is 824. The maximum atomic E-state index is 12.8. The van der Waals surface area contributed by atoms with Crippen molar-refractivity contribution in [2.24, 2.45) is 0 Å². The lowest BCUT2D eigenvalue weighted by Gasteiger charge is -2.34. The predicted molar refractivity (Wildman–Crippen MR) is 92.3 cm³/mol. The number of rotatable bonds is 2. The minimum absolute atomic E-state index is 0.00806. The molecule has 1 aromatic carbocycles. The number of hydrogen-bond acceptors (Lipinski definition) is 3. The summed E-state index contributed by atoms with van der Waals surface area (Å²) in [4.78, 5) is 28.8. The normalized spacial score (nSPS) is 15.2. The Morgan fingerprint density at radius 3 is 2.15 bits per heavy atom. The maximum Gasteiger partial charge on any atom is 0.416 e. The molecular weight excluding hydrogens is 365 g/mol. The summed E-state index contributed by atoms with van der Waals surface area (Å²) in [5, 5.41) is 1.86. The quantitative estimate of drug-likeness (QED) is 0.795. The van der Waals surface area contributed by atoms with Crippen LogP contribution in [-0.2, 0) is 6.18 Å². The van der Waals surface area contributed by atoms with Crippen molar-refractivity contribution in [3.8, 4) is 0 Å². The summed E-state index contributed by atoms with van der Waals surface area (Å²) in [5.74, 6) is -0.515. The van der Waals surface area contributed by atoms with E-state index in [2.05, 4.69) is 0 Å². The first-order valence-corrected chi connectivity index (χ1v) is 8.95. The summed E-state index contributed by atoms with van der Waals surface area (Å²) in [7, 11) is 0. The van der Waals surface area contributed by atoms with E-state index in [0.29, 0.717) is 31.1 Å². The molecule has 1 saturated heterocycles. The van der Waals surface area contributed by atoms with E-state index < -0.39 is 17.6 Å². The number of aryl methyl sites for hydroxylation is 1. The van der Waals surface area contributed by atoms with E-state index in [1.165, 1.54) is 28.4 Å². The van der Waals surface area contributed by atoms with E-state index in [4.69, 9.17) is 0 Å². The molecule has 138 valence electrons. The SMILES string of the molecule is Cc1ccsc1C(=O)N1CCN(C(=O)c2cccc(C(F)(F)F)c2)CC1. The number of halogens is 3. The molecular formula is C18H17F3N2O2S. The number of nitrogens with zero attached hydrogens (tertiary/aromatic N) is 2. The van der Waals surface area contributed by atoms with Gasteiger partial charge in [0, 0.05) is 31.7 Å². The molecule has 0 atom stereocenters. The van der Waals surface area contributed by atoms with Crippen molar-refractivity contribution in [2.45, 2.75) is 13.1 Å². The topological polar surface area (TPSA) is 40.6 Å². The van der Waals surface area contributed by atoms with Crippen molar-refractivity contribution < 1.29 is 22.8 Å². The lowest BCUT2D eigenvalue weighted by molar-refractivity contribution is -0.137. The molecule has 0 N–H and O–H groups in total. The number of thiophene rings is 1. The van der Waals surface area contributed by atoms with Crippen LogP contribution in [0.4, 0.5) is 13.2 Å². The predicted octanol–water partition coefficient (Wildman–Crippen LogP) is 3.67. The summed E-state index contributed by atoms with van der Waals surface area (Å²) in [6.07, 6.45) is -4.49. The average Bonchev–Trinajstić information content (AvgIpc) is 3.06. The molecule has 1 aromatic heterocycles. The Hall–Kier alpha value is -2.35. The fourth-order valence-corrected chi connectivity index (χ4v) is 3.75. The average molecular weight is 382 g/mol. The Labute approximate surface area is 152 Å². The Kier molecular flexibility index (Phi) is 5.04. The number of alkyl halides is 3. The zero-order chi connectivity index (χ0) is 18.9. The van der Waals surface area contributed by atoms with Crippen LogP contribution in [0.5, 0.6) is 0 Å². The van der Waals surface area contributed by atoms with Crippen LogP contribution in [0.25, 0.3) is 0 Å². The van der Waals surface area contributed by atoms with Crippen LogP contribution < -0.4 is 0 Å². The minimum Gasteiger partial charge on any atom is -0.335 e. The Morgan fingerprint density at radius 2 is 1.62 bits per heavy atom. The fraction of sp³-hybridized carbons (Fsp3) is 0.333. The van der Waals surface area contributed by atoms with Gasteiger partial charge in [0.2, 0.25) is 0 Å². The molecule has 1 aliphatic heterocycles. The van der Waals surface area contributed by atoms with Gasteiger partial charge in [-0.15, -0.1) is 11.3 Å². The van der Waals surface area contributed by atoms with E-state index in [0.717, 1.165) is 17.7 Å². The monoisotopic (exact) mass is 382 g/mol. The number of hydrogen-bond donors (Lipinski definition) is 0. The molecule has 2 aromatic rings. The van der Waals surface area contributed by atoms with E-state index in [-0.39, 0.29) is 11.5 Å². The van der Waals surface area contributed by atoms with Crippen LogP contribution in [0.15, 0.2) is 35.7 Å². The van der Waals surface area contributed by atoms with E-state index >= 15 is 0 Å². The molecule has 8 heteroatoms. The van der Waals surface area contributed by atoms with Crippen molar-refractivity contribution in [3.05, 3.63) is 57.3 Å². The molecule has 0 aliphatic carbocycles. The molecule has 26 heavy (non-hydrogen) atoms. The first-order valence-electron chi connectivity index (χ1n) is 8.07. The van der Waals surface area contributed by atoms with Gasteiger partial charge in [-0.25, -0.2) is 0 Å². The summed E-state index contributed by atoms with van der Waals surface area (Å²) >= 11 is 1.38. The summed E-state index contributed by atoms with van der Waals surface area (Å²) in [6, 6.07) is 6.30. The van der Waals surface area contributed by atoms with Crippen LogP contribution in [0.2, 0.25) is 0 Å². The van der Waals surface area contributed by atoms with Gasteiger partial charge in [0.1, 0.15) is 0 Å². The van der Waals surface area contributed by atoms with E-state index in [1.54, 1.807) is 4.90 Å². The van der Waals surface area contributed by atoms with Gasteiger partial charge in [-0.1, -0.05) is 6.07 Å². The third-order valence-corrected chi connectivity index (χ3v) is 5.35. The highest BCUT2D eigenvalue weighted by Crippen LogP contribution is 2.30. The largest absolute Gasteiger partial charge is 0.416 e. The molecule has 4 nitrogen and oxygen atoms in total. The smallest absolute Gasteiger partial charge is 0.335 e. The van der Waals surface area contributed by atoms with Gasteiger partial charge < -0.3 is 9.80 Å². The fourth-order valence-electron chi connectivity index (χ4n) is 2.86. The summed E-state index contributed by atoms with van der Waals surface area (Å²) in [5.41, 5.74) is 0.0847. The summed E-state index contributed by atoms with van der Waals surface area (Å²) in [6.45, 7) is 3.19. The zero-order valence-electron chi connectivity index (χ0n) is 14.0. The van der Waals surface area contributed by atoms with Crippen molar-refractivity contribution in [3.63, 3.8) is 0 Å². The molecule has 3 rings (SSSR count). The highest BCUT2D eigenvalue weighted by atomic mass is 32.1. The third-order valence-electron chi connectivity index (χ3n) is 4.35. The molecule has 1 aliphatic rings. The van der Waals surface area contributed by atoms with Crippen molar-refractivity contribution in [1.82, 2.24) is 9.80 Å². The first kappa shape index (κ1) is 18.4. The van der Waals surface area contributed by atoms with Crippen molar-refractivity contribution >= 4 is 23.2 Å². The van der Waals surface area contributed by atoms with Crippen molar-refractivity contribution in [2.75, 3.05) is 26.2 Å². The van der Waals surface area contributed by atoms with Crippen LogP contribution in [0.1, 0.15) is 31.2 Å². The number of amides is 2. The number of carbonyl (C=O) groups is 2. The molecule has 0 spiro atoms. The number of benzene rings is 1.